The fourth-order valence-electron chi connectivity index (χ4n) is 1.82. The van der Waals surface area contributed by atoms with Gasteiger partial charge in [0, 0.05) is 23.0 Å². The Bertz CT molecular complexity index is 647. The van der Waals surface area contributed by atoms with Crippen LogP contribution in [0.4, 0.5) is 5.69 Å². The number of halogens is 1. The van der Waals surface area contributed by atoms with Crippen molar-refractivity contribution in [3.8, 4) is 5.75 Å². The van der Waals surface area contributed by atoms with Crippen LogP contribution in [0, 0.1) is 0 Å². The largest absolute Gasteiger partial charge is 0.494 e. The Balaban J connectivity index is 2.17. The molecule has 1 aromatic carbocycles. The number of carbonyl (C=O) groups excluding carboxylic acids is 1. The van der Waals surface area contributed by atoms with E-state index in [2.05, 4.69) is 26.2 Å². The summed E-state index contributed by atoms with van der Waals surface area (Å²) in [5.74, 6) is 0.371. The number of aromatic nitrogens is 1. The van der Waals surface area contributed by atoms with Gasteiger partial charge in [0.15, 0.2) is 0 Å². The molecule has 0 fully saturated rings. The summed E-state index contributed by atoms with van der Waals surface area (Å²) in [6.45, 7) is 2.24. The number of carbonyl (C=O) groups is 1. The molecule has 0 aliphatic rings. The Kier molecular flexibility index (Phi) is 5.30. The Morgan fingerprint density at radius 2 is 2.19 bits per heavy atom. The quantitative estimate of drug-likeness (QED) is 0.813. The van der Waals surface area contributed by atoms with E-state index >= 15 is 0 Å². The third kappa shape index (κ3) is 4.03. The van der Waals surface area contributed by atoms with E-state index in [1.807, 2.05) is 6.92 Å². The number of aliphatic hydroxyl groups excluding tert-OH is 1. The number of nitrogens with one attached hydrogen (secondary N) is 1. The van der Waals surface area contributed by atoms with E-state index in [9.17, 15) is 9.90 Å². The number of nitrogens with zero attached hydrogens (tertiary/aromatic N) is 1. The predicted molar refractivity (Wildman–Crippen MR) is 83.4 cm³/mol. The molecule has 6 heteroatoms. The first-order valence-corrected chi connectivity index (χ1v) is 7.22. The lowest BCUT2D eigenvalue weighted by molar-refractivity contribution is 0.102. The molecule has 0 saturated heterocycles. The second-order valence-corrected chi connectivity index (χ2v) is 5.05. The Labute approximate surface area is 131 Å². The van der Waals surface area contributed by atoms with Gasteiger partial charge in [0.05, 0.1) is 13.2 Å². The summed E-state index contributed by atoms with van der Waals surface area (Å²) < 4.78 is 6.00. The van der Waals surface area contributed by atoms with Gasteiger partial charge in [-0.05, 0) is 53.2 Å². The second kappa shape index (κ2) is 7.19. The van der Waals surface area contributed by atoms with Crippen molar-refractivity contribution in [2.24, 2.45) is 0 Å². The topological polar surface area (TPSA) is 71.5 Å². The van der Waals surface area contributed by atoms with Crippen molar-refractivity contribution in [3.63, 3.8) is 0 Å². The minimum atomic E-state index is -0.244. The van der Waals surface area contributed by atoms with Gasteiger partial charge in [-0.15, -0.1) is 0 Å². The highest BCUT2D eigenvalue weighted by molar-refractivity contribution is 9.10. The number of aliphatic hydroxyl groups is 1. The summed E-state index contributed by atoms with van der Waals surface area (Å²) in [7, 11) is 0. The zero-order chi connectivity index (χ0) is 15.2. The average Bonchev–Trinajstić information content (AvgIpc) is 2.49. The van der Waals surface area contributed by atoms with Crippen LogP contribution in [0.2, 0.25) is 0 Å². The van der Waals surface area contributed by atoms with Crippen molar-refractivity contribution >= 4 is 27.5 Å². The maximum atomic E-state index is 12.1. The first kappa shape index (κ1) is 15.5. The van der Waals surface area contributed by atoms with Crippen molar-refractivity contribution < 1.29 is 14.6 Å². The van der Waals surface area contributed by atoms with Gasteiger partial charge in [0.25, 0.3) is 5.91 Å². The number of rotatable bonds is 5. The Hall–Kier alpha value is -1.92. The van der Waals surface area contributed by atoms with E-state index in [0.717, 1.165) is 0 Å². The Morgan fingerprint density at radius 1 is 1.38 bits per heavy atom. The van der Waals surface area contributed by atoms with E-state index < -0.39 is 0 Å². The average molecular weight is 351 g/mol. The molecule has 1 aromatic heterocycles. The summed E-state index contributed by atoms with van der Waals surface area (Å²) in [6.07, 6.45) is 1.55. The highest BCUT2D eigenvalue weighted by Crippen LogP contribution is 2.23. The summed E-state index contributed by atoms with van der Waals surface area (Å²) >= 11 is 3.22. The fraction of sp³-hybridized carbons (Fsp3) is 0.200. The molecule has 0 atom stereocenters. The molecule has 2 aromatic rings. The van der Waals surface area contributed by atoms with Crippen molar-refractivity contribution in [3.05, 3.63) is 52.3 Å². The fourth-order valence-corrected chi connectivity index (χ4v) is 2.19. The molecule has 0 aliphatic heterocycles. The van der Waals surface area contributed by atoms with Crippen LogP contribution in [0.15, 0.2) is 41.1 Å². The third-order valence-corrected chi connectivity index (χ3v) is 3.21. The molecule has 1 heterocycles. The SMILES string of the molecule is CCOc1ccc(NC(=O)c2ccnc(Br)c2)cc1CO. The molecule has 2 N–H and O–H groups in total. The molecule has 110 valence electrons. The molecular weight excluding hydrogens is 336 g/mol. The lowest BCUT2D eigenvalue weighted by atomic mass is 10.1. The minimum Gasteiger partial charge on any atom is -0.494 e. The standard InChI is InChI=1S/C15H15BrN2O3/c1-2-21-13-4-3-12(7-11(13)9-19)18-15(20)10-5-6-17-14(16)8-10/h3-8,19H,2,9H2,1H3,(H,18,20). The smallest absolute Gasteiger partial charge is 0.255 e. The second-order valence-electron chi connectivity index (χ2n) is 4.23. The van der Waals surface area contributed by atoms with Crippen LogP contribution < -0.4 is 10.1 Å². The molecule has 0 aliphatic carbocycles. The van der Waals surface area contributed by atoms with E-state index in [1.54, 1.807) is 36.5 Å². The van der Waals surface area contributed by atoms with Gasteiger partial charge in [-0.25, -0.2) is 4.98 Å². The third-order valence-electron chi connectivity index (χ3n) is 2.78. The van der Waals surface area contributed by atoms with E-state index in [1.165, 1.54) is 0 Å². The maximum Gasteiger partial charge on any atom is 0.255 e. The molecule has 0 spiro atoms. The van der Waals surface area contributed by atoms with Crippen LogP contribution in [-0.4, -0.2) is 22.6 Å². The van der Waals surface area contributed by atoms with Crippen molar-refractivity contribution in [1.29, 1.82) is 0 Å². The first-order chi connectivity index (χ1) is 10.1. The molecule has 0 unspecified atom stereocenters. The van der Waals surface area contributed by atoms with Gasteiger partial charge >= 0.3 is 0 Å². The highest BCUT2D eigenvalue weighted by Gasteiger charge is 2.09. The van der Waals surface area contributed by atoms with Gasteiger partial charge in [0.1, 0.15) is 10.4 Å². The van der Waals surface area contributed by atoms with Crippen molar-refractivity contribution in [2.45, 2.75) is 13.5 Å². The molecule has 21 heavy (non-hydrogen) atoms. The first-order valence-electron chi connectivity index (χ1n) is 6.43. The predicted octanol–water partition coefficient (Wildman–Crippen LogP) is 2.99. The van der Waals surface area contributed by atoms with Gasteiger partial charge in [-0.1, -0.05) is 0 Å². The highest BCUT2D eigenvalue weighted by atomic mass is 79.9. The molecule has 1 amide bonds. The number of amides is 1. The number of benzene rings is 1. The molecule has 5 nitrogen and oxygen atoms in total. The molecular formula is C15H15BrN2O3. The summed E-state index contributed by atoms with van der Waals surface area (Å²) in [5, 5.41) is 12.1. The maximum absolute atomic E-state index is 12.1. The number of hydrogen-bond donors (Lipinski definition) is 2. The number of ether oxygens (including phenoxy) is 1. The van der Waals surface area contributed by atoms with Crippen molar-refractivity contribution in [1.82, 2.24) is 4.98 Å². The summed E-state index contributed by atoms with van der Waals surface area (Å²) in [5.41, 5.74) is 1.72. The van der Waals surface area contributed by atoms with Crippen LogP contribution in [0.5, 0.6) is 5.75 Å². The van der Waals surface area contributed by atoms with Crippen LogP contribution in [-0.2, 0) is 6.61 Å². The van der Waals surface area contributed by atoms with E-state index in [-0.39, 0.29) is 12.5 Å². The Morgan fingerprint density at radius 3 is 2.86 bits per heavy atom. The van der Waals surface area contributed by atoms with Crippen LogP contribution in [0.3, 0.4) is 0 Å². The number of anilines is 1. The monoisotopic (exact) mass is 350 g/mol. The zero-order valence-electron chi connectivity index (χ0n) is 11.5. The van der Waals surface area contributed by atoms with Crippen molar-refractivity contribution in [2.75, 3.05) is 11.9 Å². The van der Waals surface area contributed by atoms with E-state index in [4.69, 9.17) is 4.74 Å². The zero-order valence-corrected chi connectivity index (χ0v) is 13.1. The van der Waals surface area contributed by atoms with E-state index in [0.29, 0.717) is 33.8 Å². The summed E-state index contributed by atoms with van der Waals surface area (Å²) in [4.78, 5) is 16.1. The van der Waals surface area contributed by atoms with Gasteiger partial charge in [0.2, 0.25) is 0 Å². The van der Waals surface area contributed by atoms with Crippen LogP contribution in [0.25, 0.3) is 0 Å². The lowest BCUT2D eigenvalue weighted by Gasteiger charge is -2.11. The van der Waals surface area contributed by atoms with Crippen LogP contribution >= 0.6 is 15.9 Å². The van der Waals surface area contributed by atoms with Gasteiger partial charge in [-0.2, -0.15) is 0 Å². The molecule has 0 radical (unpaired) electrons. The number of hydrogen-bond acceptors (Lipinski definition) is 4. The normalized spacial score (nSPS) is 10.2. The van der Waals surface area contributed by atoms with Gasteiger partial charge < -0.3 is 15.2 Å². The molecule has 2 rings (SSSR count). The molecule has 0 saturated carbocycles. The minimum absolute atomic E-state index is 0.153. The van der Waals surface area contributed by atoms with Crippen LogP contribution in [0.1, 0.15) is 22.8 Å². The lowest BCUT2D eigenvalue weighted by Crippen LogP contribution is -2.12. The summed E-state index contributed by atoms with van der Waals surface area (Å²) in [6, 6.07) is 8.42. The number of pyridine rings is 1. The van der Waals surface area contributed by atoms with Gasteiger partial charge in [-0.3, -0.25) is 4.79 Å². The molecule has 0 bridgehead atoms.